The number of hydrogen-bond donors (Lipinski definition) is 1. The van der Waals surface area contributed by atoms with Crippen LogP contribution in [0.2, 0.25) is 0 Å². The van der Waals surface area contributed by atoms with Crippen molar-refractivity contribution >= 4 is 11.8 Å². The predicted molar refractivity (Wildman–Crippen MR) is 52.3 cm³/mol. The molecule has 1 N–H and O–H groups in total. The molecule has 0 amide bonds. The van der Waals surface area contributed by atoms with Crippen molar-refractivity contribution < 1.29 is 5.11 Å². The third-order valence-electron chi connectivity index (χ3n) is 2.31. The van der Waals surface area contributed by atoms with E-state index in [2.05, 4.69) is 0 Å². The highest BCUT2D eigenvalue weighted by Crippen LogP contribution is 2.36. The molecule has 0 radical (unpaired) electrons. The van der Waals surface area contributed by atoms with Crippen LogP contribution in [0.4, 0.5) is 0 Å². The minimum absolute atomic E-state index is 0.550. The van der Waals surface area contributed by atoms with Gasteiger partial charge in [0.05, 0.1) is 5.60 Å². The summed E-state index contributed by atoms with van der Waals surface area (Å²) < 4.78 is 0. The predicted octanol–water partition coefficient (Wildman–Crippen LogP) is 2.01. The van der Waals surface area contributed by atoms with E-state index in [0.29, 0.717) is 0 Å². The average Bonchev–Trinajstić information content (AvgIpc) is 2.55. The summed E-state index contributed by atoms with van der Waals surface area (Å²) >= 11 is 1.83. The van der Waals surface area contributed by atoms with Crippen molar-refractivity contribution in [1.82, 2.24) is 0 Å². The molecule has 0 saturated carbocycles. The van der Waals surface area contributed by atoms with Gasteiger partial charge in [0.2, 0.25) is 0 Å². The van der Waals surface area contributed by atoms with E-state index in [1.165, 1.54) is 0 Å². The fraction of sp³-hybridized carbons (Fsp3) is 0.400. The molecule has 1 nitrogen and oxygen atoms in total. The maximum atomic E-state index is 10.1. The van der Waals surface area contributed by atoms with Gasteiger partial charge in [-0.05, 0) is 17.7 Å². The van der Waals surface area contributed by atoms with Gasteiger partial charge in [0.15, 0.2) is 0 Å². The first-order valence-electron chi connectivity index (χ1n) is 4.17. The topological polar surface area (TPSA) is 20.2 Å². The second-order valence-corrected chi connectivity index (χ2v) is 4.31. The van der Waals surface area contributed by atoms with E-state index in [0.717, 1.165) is 23.5 Å². The van der Waals surface area contributed by atoms with Gasteiger partial charge in [-0.15, -0.1) is 0 Å². The highest BCUT2D eigenvalue weighted by molar-refractivity contribution is 7.99. The van der Waals surface area contributed by atoms with E-state index in [4.69, 9.17) is 0 Å². The molecule has 2 heteroatoms. The fourth-order valence-electron chi connectivity index (χ4n) is 1.53. The summed E-state index contributed by atoms with van der Waals surface area (Å²) in [6, 6.07) is 9.96. The van der Waals surface area contributed by atoms with E-state index in [1.807, 2.05) is 42.1 Å². The van der Waals surface area contributed by atoms with Gasteiger partial charge in [-0.2, -0.15) is 11.8 Å². The maximum absolute atomic E-state index is 10.1. The molecule has 0 spiro atoms. The van der Waals surface area contributed by atoms with Crippen LogP contribution in [0.5, 0.6) is 0 Å². The van der Waals surface area contributed by atoms with Gasteiger partial charge in [-0.3, -0.25) is 0 Å². The zero-order chi connectivity index (χ0) is 8.44. The van der Waals surface area contributed by atoms with Gasteiger partial charge in [-0.1, -0.05) is 30.3 Å². The van der Waals surface area contributed by atoms with Gasteiger partial charge < -0.3 is 5.11 Å². The molecule has 12 heavy (non-hydrogen) atoms. The van der Waals surface area contributed by atoms with Crippen LogP contribution in [0.3, 0.4) is 0 Å². The fourth-order valence-corrected chi connectivity index (χ4v) is 2.81. The number of rotatable bonds is 1. The first kappa shape index (κ1) is 8.14. The average molecular weight is 180 g/mol. The van der Waals surface area contributed by atoms with Gasteiger partial charge in [0.25, 0.3) is 0 Å². The summed E-state index contributed by atoms with van der Waals surface area (Å²) in [5.74, 6) is 1.92. The number of thioether (sulfide) groups is 1. The summed E-state index contributed by atoms with van der Waals surface area (Å²) in [4.78, 5) is 0. The summed E-state index contributed by atoms with van der Waals surface area (Å²) in [7, 11) is 0. The second kappa shape index (κ2) is 3.11. The van der Waals surface area contributed by atoms with Crippen LogP contribution in [0.25, 0.3) is 0 Å². The molecule has 1 aliphatic heterocycles. The molecule has 64 valence electrons. The van der Waals surface area contributed by atoms with E-state index >= 15 is 0 Å². The Kier molecular flexibility index (Phi) is 2.11. The van der Waals surface area contributed by atoms with Crippen LogP contribution in [0, 0.1) is 0 Å². The lowest BCUT2D eigenvalue weighted by atomic mass is 9.94. The number of benzene rings is 1. The van der Waals surface area contributed by atoms with Crippen LogP contribution >= 0.6 is 11.8 Å². The van der Waals surface area contributed by atoms with Crippen LogP contribution in [-0.2, 0) is 5.60 Å². The minimum Gasteiger partial charge on any atom is -0.384 e. The van der Waals surface area contributed by atoms with Crippen molar-refractivity contribution in [2.75, 3.05) is 11.5 Å². The Labute approximate surface area is 76.8 Å². The molecule has 1 atom stereocenters. The van der Waals surface area contributed by atoms with Gasteiger partial charge in [-0.25, -0.2) is 0 Å². The van der Waals surface area contributed by atoms with Crippen molar-refractivity contribution in [1.29, 1.82) is 0 Å². The Bertz CT molecular complexity index is 252. The lowest BCUT2D eigenvalue weighted by Gasteiger charge is -2.21. The molecule has 1 aromatic rings. The monoisotopic (exact) mass is 180 g/mol. The first-order valence-corrected chi connectivity index (χ1v) is 5.32. The zero-order valence-electron chi connectivity index (χ0n) is 6.86. The number of hydrogen-bond acceptors (Lipinski definition) is 2. The third kappa shape index (κ3) is 1.37. The van der Waals surface area contributed by atoms with Crippen molar-refractivity contribution in [3.63, 3.8) is 0 Å². The molecular formula is C10H12OS. The molecule has 1 aromatic carbocycles. The molecular weight excluding hydrogens is 168 g/mol. The second-order valence-electron chi connectivity index (χ2n) is 3.20. The molecule has 0 aromatic heterocycles. The lowest BCUT2D eigenvalue weighted by Crippen LogP contribution is -2.24. The van der Waals surface area contributed by atoms with E-state index in [-0.39, 0.29) is 0 Å². The van der Waals surface area contributed by atoms with Crippen molar-refractivity contribution in [2.24, 2.45) is 0 Å². The quantitative estimate of drug-likeness (QED) is 0.713. The van der Waals surface area contributed by atoms with Crippen LogP contribution in [0.1, 0.15) is 12.0 Å². The Morgan fingerprint density at radius 3 is 2.58 bits per heavy atom. The highest BCUT2D eigenvalue weighted by atomic mass is 32.2. The Hall–Kier alpha value is -0.470. The summed E-state index contributed by atoms with van der Waals surface area (Å²) in [5, 5.41) is 10.1. The largest absolute Gasteiger partial charge is 0.384 e. The smallest absolute Gasteiger partial charge is 0.0994 e. The zero-order valence-corrected chi connectivity index (χ0v) is 7.68. The minimum atomic E-state index is -0.550. The normalized spacial score (nSPS) is 29.1. The lowest BCUT2D eigenvalue weighted by molar-refractivity contribution is 0.0658. The summed E-state index contributed by atoms with van der Waals surface area (Å²) in [5.41, 5.74) is 0.515. The van der Waals surface area contributed by atoms with E-state index < -0.39 is 5.60 Å². The Balaban J connectivity index is 2.29. The molecule has 1 fully saturated rings. The van der Waals surface area contributed by atoms with Gasteiger partial charge in [0, 0.05) is 5.75 Å². The van der Waals surface area contributed by atoms with Crippen molar-refractivity contribution in [2.45, 2.75) is 12.0 Å². The van der Waals surface area contributed by atoms with E-state index in [9.17, 15) is 5.11 Å². The van der Waals surface area contributed by atoms with E-state index in [1.54, 1.807) is 0 Å². The molecule has 1 heterocycles. The third-order valence-corrected chi connectivity index (χ3v) is 3.49. The molecule has 1 unspecified atom stereocenters. The number of aliphatic hydroxyl groups is 1. The summed E-state index contributed by atoms with van der Waals surface area (Å²) in [6.45, 7) is 0. The first-order chi connectivity index (χ1) is 5.81. The Morgan fingerprint density at radius 1 is 1.25 bits per heavy atom. The maximum Gasteiger partial charge on any atom is 0.0994 e. The molecule has 0 aliphatic carbocycles. The van der Waals surface area contributed by atoms with Gasteiger partial charge >= 0.3 is 0 Å². The molecule has 1 saturated heterocycles. The van der Waals surface area contributed by atoms with Crippen LogP contribution < -0.4 is 0 Å². The molecule has 2 rings (SSSR count). The van der Waals surface area contributed by atoms with Crippen molar-refractivity contribution in [3.05, 3.63) is 35.9 Å². The standard InChI is InChI=1S/C10H12OS/c11-10(6-7-12-8-10)9-4-2-1-3-5-9/h1-5,11H,6-8H2. The van der Waals surface area contributed by atoms with Gasteiger partial charge in [0.1, 0.15) is 0 Å². The SMILES string of the molecule is OC1(c2ccccc2)CCSC1. The summed E-state index contributed by atoms with van der Waals surface area (Å²) in [6.07, 6.45) is 0.891. The van der Waals surface area contributed by atoms with Crippen molar-refractivity contribution in [3.8, 4) is 0 Å². The Morgan fingerprint density at radius 2 is 2.00 bits per heavy atom. The van der Waals surface area contributed by atoms with Crippen LogP contribution in [0.15, 0.2) is 30.3 Å². The molecule has 0 bridgehead atoms. The molecule has 1 aliphatic rings. The van der Waals surface area contributed by atoms with Crippen LogP contribution in [-0.4, -0.2) is 16.6 Å². The highest BCUT2D eigenvalue weighted by Gasteiger charge is 2.32.